The molecule has 0 spiro atoms. The highest BCUT2D eigenvalue weighted by molar-refractivity contribution is 7.89. The molecule has 0 fully saturated rings. The molecule has 0 unspecified atom stereocenters. The molecule has 0 saturated heterocycles. The maximum atomic E-state index is 12.1. The molecule has 0 aliphatic carbocycles. The van der Waals surface area contributed by atoms with Crippen LogP contribution < -0.4 is 4.83 Å². The maximum absolute atomic E-state index is 12.1. The molecule has 1 aromatic heterocycles. The van der Waals surface area contributed by atoms with Gasteiger partial charge in [0, 0.05) is 19.5 Å². The van der Waals surface area contributed by atoms with Gasteiger partial charge in [-0.25, -0.2) is 13.4 Å². The second kappa shape index (κ2) is 7.88. The summed E-state index contributed by atoms with van der Waals surface area (Å²) in [5.74, 6) is -0.218. The molecule has 132 valence electrons. The Morgan fingerprint density at radius 2 is 1.72 bits per heavy atom. The number of sulfonamides is 1. The number of nitrogens with one attached hydrogen (secondary N) is 1. The van der Waals surface area contributed by atoms with Crippen LogP contribution in [0.1, 0.15) is 0 Å². The zero-order valence-corrected chi connectivity index (χ0v) is 14.4. The van der Waals surface area contributed by atoms with Crippen LogP contribution in [-0.4, -0.2) is 32.4 Å². The quantitative estimate of drug-likeness (QED) is 0.564. The molecule has 2 aromatic carbocycles. The lowest BCUT2D eigenvalue weighted by atomic mass is 10.1. The molecule has 0 bridgehead atoms. The van der Waals surface area contributed by atoms with Crippen molar-refractivity contribution in [1.82, 2.24) is 9.84 Å². The molecular formula is C16H17N3O5S. The van der Waals surface area contributed by atoms with Crippen LogP contribution in [-0.2, 0) is 10.0 Å². The molecule has 3 aromatic rings. The van der Waals surface area contributed by atoms with Crippen molar-refractivity contribution in [2.45, 2.75) is 4.90 Å². The Bertz CT molecular complexity index is 948. The number of hydrazine groups is 1. The Morgan fingerprint density at radius 3 is 2.28 bits per heavy atom. The average Bonchev–Trinajstić information content (AvgIpc) is 3.08. The third-order valence-electron chi connectivity index (χ3n) is 3.03. The highest BCUT2D eigenvalue weighted by atomic mass is 32.2. The summed E-state index contributed by atoms with van der Waals surface area (Å²) in [6.45, 7) is 0. The van der Waals surface area contributed by atoms with Gasteiger partial charge in [0.05, 0.1) is 17.2 Å². The van der Waals surface area contributed by atoms with Crippen LogP contribution in [0, 0.1) is 10.1 Å². The number of hydrogen-bond donors (Lipinski definition) is 1. The van der Waals surface area contributed by atoms with E-state index in [1.807, 2.05) is 24.3 Å². The minimum atomic E-state index is -3.51. The van der Waals surface area contributed by atoms with Gasteiger partial charge in [0.25, 0.3) is 10.0 Å². The van der Waals surface area contributed by atoms with Crippen LogP contribution in [0.15, 0.2) is 70.2 Å². The van der Waals surface area contributed by atoms with E-state index in [2.05, 4.69) is 9.25 Å². The van der Waals surface area contributed by atoms with E-state index in [0.29, 0.717) is 4.90 Å². The van der Waals surface area contributed by atoms with Crippen LogP contribution in [0.3, 0.4) is 0 Å². The summed E-state index contributed by atoms with van der Waals surface area (Å²) in [4.78, 5) is 11.9. The van der Waals surface area contributed by atoms with Gasteiger partial charge in [-0.15, -0.1) is 4.83 Å². The Morgan fingerprint density at radius 1 is 1.04 bits per heavy atom. The number of furan rings is 1. The SMILES string of the molecule is CN(C)NS(=O)(=O)c1cccc2ccccc12.O=[N+]([O-])c1ccco1. The van der Waals surface area contributed by atoms with Gasteiger partial charge in [-0.1, -0.05) is 36.4 Å². The van der Waals surface area contributed by atoms with Crippen molar-refractivity contribution in [3.8, 4) is 0 Å². The molecule has 0 atom stereocenters. The van der Waals surface area contributed by atoms with Gasteiger partial charge in [-0.2, -0.15) is 0 Å². The van der Waals surface area contributed by atoms with Crippen molar-refractivity contribution in [3.63, 3.8) is 0 Å². The van der Waals surface area contributed by atoms with E-state index >= 15 is 0 Å². The highest BCUT2D eigenvalue weighted by Gasteiger charge is 2.17. The fourth-order valence-corrected chi connectivity index (χ4v) is 3.41. The number of rotatable bonds is 4. The van der Waals surface area contributed by atoms with Crippen molar-refractivity contribution in [2.75, 3.05) is 14.1 Å². The van der Waals surface area contributed by atoms with Gasteiger partial charge in [-0.3, -0.25) is 10.1 Å². The first kappa shape index (κ1) is 18.6. The van der Waals surface area contributed by atoms with E-state index in [1.165, 1.54) is 23.4 Å². The summed E-state index contributed by atoms with van der Waals surface area (Å²) < 4.78 is 28.6. The van der Waals surface area contributed by atoms with Crippen molar-refractivity contribution >= 4 is 26.7 Å². The molecule has 25 heavy (non-hydrogen) atoms. The molecule has 8 nitrogen and oxygen atoms in total. The Balaban J connectivity index is 0.000000236. The van der Waals surface area contributed by atoms with Crippen LogP contribution >= 0.6 is 0 Å². The fourth-order valence-electron chi connectivity index (χ4n) is 2.09. The highest BCUT2D eigenvalue weighted by Crippen LogP contribution is 2.22. The predicted octanol–water partition coefficient (Wildman–Crippen LogP) is 2.78. The summed E-state index contributed by atoms with van der Waals surface area (Å²) in [5, 5.41) is 12.8. The van der Waals surface area contributed by atoms with E-state index in [-0.39, 0.29) is 5.88 Å². The summed E-state index contributed by atoms with van der Waals surface area (Å²) in [6.07, 6.45) is 1.26. The molecule has 0 radical (unpaired) electrons. The van der Waals surface area contributed by atoms with E-state index in [1.54, 1.807) is 32.3 Å². The first-order valence-electron chi connectivity index (χ1n) is 7.16. The van der Waals surface area contributed by atoms with Gasteiger partial charge in [-0.05, 0) is 17.5 Å². The molecular weight excluding hydrogens is 346 g/mol. The Labute approximate surface area is 144 Å². The zero-order chi connectivity index (χ0) is 18.4. The lowest BCUT2D eigenvalue weighted by Crippen LogP contribution is -2.36. The number of hydrogen-bond acceptors (Lipinski definition) is 6. The van der Waals surface area contributed by atoms with Gasteiger partial charge in [0.1, 0.15) is 4.92 Å². The summed E-state index contributed by atoms with van der Waals surface area (Å²) in [7, 11) is -0.227. The standard InChI is InChI=1S/C12H14N2O2S.C4H3NO3/c1-14(2)13-17(15,16)12-9-5-7-10-6-3-4-8-11(10)12;6-5(7)4-2-1-3-8-4/h3-9,13H,1-2H3;1-3H. The predicted molar refractivity (Wildman–Crippen MR) is 93.3 cm³/mol. The minimum absolute atomic E-state index is 0.218. The number of benzene rings is 2. The lowest BCUT2D eigenvalue weighted by Gasteiger charge is -2.13. The fraction of sp³-hybridized carbons (Fsp3) is 0.125. The normalized spacial score (nSPS) is 11.2. The summed E-state index contributed by atoms with van der Waals surface area (Å²) in [5.41, 5.74) is 0. The van der Waals surface area contributed by atoms with Crippen molar-refractivity contribution in [1.29, 1.82) is 0 Å². The second-order valence-electron chi connectivity index (χ2n) is 5.17. The monoisotopic (exact) mass is 363 g/mol. The number of nitrogens with zero attached hydrogens (tertiary/aromatic N) is 2. The molecule has 9 heteroatoms. The van der Waals surface area contributed by atoms with Gasteiger partial charge < -0.3 is 4.42 Å². The van der Waals surface area contributed by atoms with Gasteiger partial charge in [0.2, 0.25) is 0 Å². The van der Waals surface area contributed by atoms with Crippen molar-refractivity contribution in [2.24, 2.45) is 0 Å². The van der Waals surface area contributed by atoms with Crippen LogP contribution in [0.4, 0.5) is 5.88 Å². The first-order valence-corrected chi connectivity index (χ1v) is 8.65. The molecule has 0 amide bonds. The molecule has 1 heterocycles. The van der Waals surface area contributed by atoms with Gasteiger partial charge >= 0.3 is 5.88 Å². The van der Waals surface area contributed by atoms with Crippen molar-refractivity contribution in [3.05, 3.63) is 71.0 Å². The molecule has 1 N–H and O–H groups in total. The molecule has 0 saturated carbocycles. The van der Waals surface area contributed by atoms with E-state index < -0.39 is 14.9 Å². The van der Waals surface area contributed by atoms with E-state index in [4.69, 9.17) is 0 Å². The zero-order valence-electron chi connectivity index (χ0n) is 13.6. The molecule has 3 rings (SSSR count). The lowest BCUT2D eigenvalue weighted by molar-refractivity contribution is -0.402. The third-order valence-corrected chi connectivity index (χ3v) is 4.57. The van der Waals surface area contributed by atoms with Crippen LogP contribution in [0.5, 0.6) is 0 Å². The average molecular weight is 363 g/mol. The molecule has 0 aliphatic heterocycles. The Kier molecular flexibility index (Phi) is 5.86. The second-order valence-corrected chi connectivity index (χ2v) is 6.80. The van der Waals surface area contributed by atoms with E-state index in [0.717, 1.165) is 10.8 Å². The smallest absolute Gasteiger partial charge is 0.409 e. The number of fused-ring (bicyclic) bond motifs is 1. The molecule has 0 aliphatic rings. The number of nitro groups is 1. The topological polar surface area (TPSA) is 106 Å². The largest absolute Gasteiger partial charge is 0.432 e. The van der Waals surface area contributed by atoms with Crippen molar-refractivity contribution < 1.29 is 17.8 Å². The minimum Gasteiger partial charge on any atom is -0.409 e. The summed E-state index contributed by atoms with van der Waals surface area (Å²) >= 11 is 0. The van der Waals surface area contributed by atoms with Crippen LogP contribution in [0.25, 0.3) is 10.8 Å². The third kappa shape index (κ3) is 4.86. The Hall–Kier alpha value is -2.75. The summed E-state index contributed by atoms with van der Waals surface area (Å²) in [6, 6.07) is 15.4. The first-order chi connectivity index (χ1) is 11.8. The maximum Gasteiger partial charge on any atom is 0.432 e. The van der Waals surface area contributed by atoms with Gasteiger partial charge in [0.15, 0.2) is 0 Å². The van der Waals surface area contributed by atoms with Crippen LogP contribution in [0.2, 0.25) is 0 Å². The van der Waals surface area contributed by atoms with E-state index in [9.17, 15) is 18.5 Å².